The zero-order chi connectivity index (χ0) is 32.5. The Morgan fingerprint density at radius 2 is 1.36 bits per heavy atom. The predicted octanol–water partition coefficient (Wildman–Crippen LogP) is 0.374. The van der Waals surface area contributed by atoms with E-state index in [1.807, 2.05) is 48.5 Å². The number of carbonyl (C=O) groups is 4. The highest BCUT2D eigenvalue weighted by molar-refractivity contribution is 5.94. The zero-order valence-electron chi connectivity index (χ0n) is 24.9. The first-order chi connectivity index (χ1) is 21.5. The van der Waals surface area contributed by atoms with E-state index >= 15 is 0 Å². The second kappa shape index (κ2) is 14.9. The summed E-state index contributed by atoms with van der Waals surface area (Å²) in [5.74, 6) is -3.24. The Balaban J connectivity index is 1.39. The smallest absolute Gasteiger partial charge is 0.326 e. The van der Waals surface area contributed by atoms with E-state index in [9.17, 15) is 24.3 Å². The topological polar surface area (TPSA) is 247 Å². The number of benzene rings is 2. The van der Waals surface area contributed by atoms with Crippen LogP contribution < -0.4 is 33.2 Å². The number of rotatable bonds is 15. The number of hydrogen-bond acceptors (Lipinski definition) is 6. The highest BCUT2D eigenvalue weighted by atomic mass is 16.4. The number of nitrogens with one attached hydrogen (secondary N) is 5. The number of carboxylic acids is 1. The second-order valence-electron chi connectivity index (χ2n) is 10.9. The minimum absolute atomic E-state index is 0.0144. The van der Waals surface area contributed by atoms with E-state index in [2.05, 4.69) is 30.9 Å². The van der Waals surface area contributed by atoms with Crippen LogP contribution in [0.15, 0.2) is 65.9 Å². The van der Waals surface area contributed by atoms with Crippen LogP contribution in [0.5, 0.6) is 0 Å². The summed E-state index contributed by atoms with van der Waals surface area (Å²) in [6.45, 7) is 1.66. The molecule has 2 aromatic heterocycles. The first-order valence-corrected chi connectivity index (χ1v) is 14.6. The molecule has 0 spiro atoms. The lowest BCUT2D eigenvalue weighted by molar-refractivity contribution is -0.142. The van der Waals surface area contributed by atoms with Gasteiger partial charge in [-0.3, -0.25) is 19.4 Å². The van der Waals surface area contributed by atoms with Gasteiger partial charge in [0.2, 0.25) is 17.7 Å². The number of aliphatic imine (C=N–C) groups is 1. The van der Waals surface area contributed by atoms with E-state index in [0.717, 1.165) is 27.4 Å². The number of para-hydroxylation sites is 2. The molecule has 14 nitrogen and oxygen atoms in total. The number of nitrogens with zero attached hydrogens (tertiary/aromatic N) is 1. The molecule has 0 aliphatic rings. The average Bonchev–Trinajstić information content (AvgIpc) is 3.61. The molecule has 2 heterocycles. The molecule has 14 heteroatoms. The molecule has 4 unspecified atom stereocenters. The van der Waals surface area contributed by atoms with Crippen LogP contribution in [0.25, 0.3) is 21.8 Å². The largest absolute Gasteiger partial charge is 0.480 e. The molecule has 2 aromatic carbocycles. The molecule has 4 aromatic rings. The maximum absolute atomic E-state index is 13.4. The number of aromatic nitrogens is 2. The fraction of sp³-hybridized carbons (Fsp3) is 0.323. The summed E-state index contributed by atoms with van der Waals surface area (Å²) in [6.07, 6.45) is 4.17. The molecule has 0 bridgehead atoms. The molecule has 0 aliphatic heterocycles. The molecular formula is C31H39N9O5. The molecule has 0 saturated heterocycles. The molecule has 0 aliphatic carbocycles. The van der Waals surface area contributed by atoms with Gasteiger partial charge in [0.1, 0.15) is 18.1 Å². The van der Waals surface area contributed by atoms with Crippen LogP contribution in [0.1, 0.15) is 30.9 Å². The third kappa shape index (κ3) is 8.60. The lowest BCUT2D eigenvalue weighted by Crippen LogP contribution is -2.56. The lowest BCUT2D eigenvalue weighted by atomic mass is 10.0. The number of nitrogens with two attached hydrogens (primary N) is 3. The molecule has 45 heavy (non-hydrogen) atoms. The molecule has 3 amide bonds. The molecule has 0 radical (unpaired) electrons. The minimum Gasteiger partial charge on any atom is -0.480 e. The first kappa shape index (κ1) is 32.5. The van der Waals surface area contributed by atoms with Crippen molar-refractivity contribution < 1.29 is 24.3 Å². The van der Waals surface area contributed by atoms with E-state index < -0.39 is 47.9 Å². The van der Waals surface area contributed by atoms with Gasteiger partial charge in [0.15, 0.2) is 5.96 Å². The van der Waals surface area contributed by atoms with E-state index in [1.165, 1.54) is 6.92 Å². The molecule has 12 N–H and O–H groups in total. The van der Waals surface area contributed by atoms with E-state index in [0.29, 0.717) is 12.0 Å². The van der Waals surface area contributed by atoms with Gasteiger partial charge in [-0.25, -0.2) is 4.79 Å². The van der Waals surface area contributed by atoms with Gasteiger partial charge in [-0.05, 0) is 49.4 Å². The monoisotopic (exact) mass is 617 g/mol. The van der Waals surface area contributed by atoms with Crippen molar-refractivity contribution in [3.05, 3.63) is 72.1 Å². The van der Waals surface area contributed by atoms with Crippen LogP contribution in [-0.2, 0) is 32.0 Å². The Labute approximate surface area is 259 Å². The first-order valence-electron chi connectivity index (χ1n) is 14.6. The van der Waals surface area contributed by atoms with Crippen molar-refractivity contribution in [1.29, 1.82) is 0 Å². The fourth-order valence-corrected chi connectivity index (χ4v) is 5.08. The van der Waals surface area contributed by atoms with Crippen molar-refractivity contribution >= 4 is 51.5 Å². The third-order valence-corrected chi connectivity index (χ3v) is 7.50. The molecule has 4 rings (SSSR count). The normalized spacial score (nSPS) is 13.8. The number of amides is 3. The Morgan fingerprint density at radius 1 is 0.800 bits per heavy atom. The molecule has 0 fully saturated rings. The number of aromatic amines is 2. The molecule has 238 valence electrons. The molecule has 0 saturated carbocycles. The summed E-state index contributed by atoms with van der Waals surface area (Å²) in [4.78, 5) is 61.6. The Hall–Kier alpha value is -5.37. The van der Waals surface area contributed by atoms with Gasteiger partial charge >= 0.3 is 5.97 Å². The van der Waals surface area contributed by atoms with Crippen LogP contribution in [0, 0.1) is 0 Å². The quantitative estimate of drug-likeness (QED) is 0.0511. The SMILES string of the molecule is CC(NC(=O)C(N)Cc1c[nH]c2ccccc12)C(=O)NC(CCCN=C(N)N)C(=O)NC(Cc1c[nH]c2ccccc12)C(=O)O. The number of H-pyrrole nitrogens is 2. The summed E-state index contributed by atoms with van der Waals surface area (Å²) < 4.78 is 0. The van der Waals surface area contributed by atoms with Crippen LogP contribution in [0.4, 0.5) is 0 Å². The molecular weight excluding hydrogens is 578 g/mol. The Kier molecular flexibility index (Phi) is 10.8. The summed E-state index contributed by atoms with van der Waals surface area (Å²) in [7, 11) is 0. The van der Waals surface area contributed by atoms with E-state index in [4.69, 9.17) is 17.2 Å². The lowest BCUT2D eigenvalue weighted by Gasteiger charge is -2.24. The highest BCUT2D eigenvalue weighted by Crippen LogP contribution is 2.20. The zero-order valence-corrected chi connectivity index (χ0v) is 24.9. The van der Waals surface area contributed by atoms with Crippen LogP contribution in [-0.4, -0.2) is 75.4 Å². The van der Waals surface area contributed by atoms with Gasteiger partial charge in [0, 0.05) is 47.2 Å². The van der Waals surface area contributed by atoms with Crippen LogP contribution in [0.2, 0.25) is 0 Å². The van der Waals surface area contributed by atoms with Crippen LogP contribution in [0.3, 0.4) is 0 Å². The van der Waals surface area contributed by atoms with Gasteiger partial charge in [-0.15, -0.1) is 0 Å². The predicted molar refractivity (Wildman–Crippen MR) is 171 cm³/mol. The van der Waals surface area contributed by atoms with Crippen molar-refractivity contribution in [2.75, 3.05) is 6.54 Å². The van der Waals surface area contributed by atoms with Gasteiger partial charge in [-0.1, -0.05) is 36.4 Å². The van der Waals surface area contributed by atoms with Gasteiger partial charge in [-0.2, -0.15) is 0 Å². The van der Waals surface area contributed by atoms with Crippen molar-refractivity contribution in [2.24, 2.45) is 22.2 Å². The maximum Gasteiger partial charge on any atom is 0.326 e. The van der Waals surface area contributed by atoms with Crippen molar-refractivity contribution in [3.63, 3.8) is 0 Å². The minimum atomic E-state index is -1.27. The number of carboxylic acid groups (broad SMARTS) is 1. The maximum atomic E-state index is 13.4. The second-order valence-corrected chi connectivity index (χ2v) is 10.9. The van der Waals surface area contributed by atoms with Gasteiger partial charge in [0.05, 0.1) is 6.04 Å². The van der Waals surface area contributed by atoms with Crippen LogP contribution >= 0.6 is 0 Å². The number of carbonyl (C=O) groups excluding carboxylic acids is 3. The fourth-order valence-electron chi connectivity index (χ4n) is 5.08. The van der Waals surface area contributed by atoms with E-state index in [1.54, 1.807) is 12.4 Å². The summed E-state index contributed by atoms with van der Waals surface area (Å²) in [5.41, 5.74) is 20.3. The number of guanidine groups is 1. The number of aliphatic carboxylic acids is 1. The average molecular weight is 618 g/mol. The van der Waals surface area contributed by atoms with E-state index in [-0.39, 0.29) is 31.8 Å². The Morgan fingerprint density at radius 3 is 1.93 bits per heavy atom. The molecule has 4 atom stereocenters. The van der Waals surface area contributed by atoms with Crippen molar-refractivity contribution in [2.45, 2.75) is 56.8 Å². The Bertz CT molecular complexity index is 1690. The number of hydrogen-bond donors (Lipinski definition) is 9. The van der Waals surface area contributed by atoms with Gasteiger partial charge in [0.25, 0.3) is 0 Å². The summed E-state index contributed by atoms with van der Waals surface area (Å²) in [6, 6.07) is 10.7. The van der Waals surface area contributed by atoms with Gasteiger partial charge < -0.3 is 48.2 Å². The number of fused-ring (bicyclic) bond motifs is 2. The third-order valence-electron chi connectivity index (χ3n) is 7.50. The summed E-state index contributed by atoms with van der Waals surface area (Å²) in [5, 5.41) is 19.5. The van der Waals surface area contributed by atoms with Crippen molar-refractivity contribution in [3.8, 4) is 0 Å². The standard InChI is InChI=1S/C31H39N9O5/c1-17(38-28(42)22(32)13-18-15-36-23-9-4-2-7-20(18)23)27(41)39-25(11-6-12-35-31(33)34)29(43)40-26(30(44)45)14-19-16-37-24-10-5-3-8-21(19)24/h2-5,7-10,15-17,22,25-26,36-37H,6,11-14,32H2,1H3,(H,38,42)(H,39,41)(H,40,43)(H,44,45)(H4,33,34,35). The highest BCUT2D eigenvalue weighted by Gasteiger charge is 2.29. The van der Waals surface area contributed by atoms with Crippen molar-refractivity contribution in [1.82, 2.24) is 25.9 Å². The summed E-state index contributed by atoms with van der Waals surface area (Å²) >= 11 is 0.